The lowest BCUT2D eigenvalue weighted by atomic mass is 10.2. The summed E-state index contributed by atoms with van der Waals surface area (Å²) < 4.78 is 12.8. The van der Waals surface area contributed by atoms with Crippen LogP contribution < -0.4 is 21.7 Å². The summed E-state index contributed by atoms with van der Waals surface area (Å²) in [6, 6.07) is 3.42. The first-order valence-corrected chi connectivity index (χ1v) is 5.04. The highest BCUT2D eigenvalue weighted by molar-refractivity contribution is 6.33. The van der Waals surface area contributed by atoms with Gasteiger partial charge < -0.3 is 5.32 Å². The molecule has 1 aromatic carbocycles. The van der Waals surface area contributed by atoms with Crippen LogP contribution in [0.4, 0.5) is 10.1 Å². The zero-order valence-electron chi connectivity index (χ0n) is 8.18. The lowest BCUT2D eigenvalue weighted by Gasteiger charge is -2.10. The van der Waals surface area contributed by atoms with E-state index in [1.807, 2.05) is 0 Å². The fourth-order valence-electron chi connectivity index (χ4n) is 1.31. The predicted octanol–water partition coefficient (Wildman–Crippen LogP) is 0.399. The van der Waals surface area contributed by atoms with Gasteiger partial charge in [0.25, 0.3) is 0 Å². The molecule has 0 saturated carbocycles. The van der Waals surface area contributed by atoms with Crippen molar-refractivity contribution in [2.75, 3.05) is 11.9 Å². The minimum Gasteiger partial charge on any atom is -0.323 e. The number of nitrogens with one attached hydrogen (secondary N) is 4. The largest absolute Gasteiger partial charge is 0.323 e. The van der Waals surface area contributed by atoms with Crippen molar-refractivity contribution in [1.29, 1.82) is 0 Å². The van der Waals surface area contributed by atoms with Crippen LogP contribution in [-0.4, -0.2) is 18.5 Å². The maximum absolute atomic E-state index is 12.8. The molecule has 1 heterocycles. The van der Waals surface area contributed by atoms with Crippen LogP contribution in [0.5, 0.6) is 0 Å². The molecule has 0 radical (unpaired) electrons. The maximum Gasteiger partial charge on any atom is 0.244 e. The quantitative estimate of drug-likeness (QED) is 0.608. The van der Waals surface area contributed by atoms with Crippen molar-refractivity contribution in [3.63, 3.8) is 0 Å². The number of anilines is 1. The summed E-state index contributed by atoms with van der Waals surface area (Å²) >= 11 is 5.77. The van der Waals surface area contributed by atoms with E-state index in [0.29, 0.717) is 12.2 Å². The van der Waals surface area contributed by atoms with E-state index >= 15 is 0 Å². The highest BCUT2D eigenvalue weighted by Gasteiger charge is 2.22. The Hall–Kier alpha value is -1.21. The Balaban J connectivity index is 2.05. The van der Waals surface area contributed by atoms with Gasteiger partial charge in [0.05, 0.1) is 10.7 Å². The monoisotopic (exact) mass is 244 g/mol. The van der Waals surface area contributed by atoms with Crippen LogP contribution in [0.1, 0.15) is 0 Å². The van der Waals surface area contributed by atoms with E-state index in [2.05, 4.69) is 21.7 Å². The number of carbonyl (C=O) groups excluding carboxylic acids is 1. The molecule has 86 valence electrons. The van der Waals surface area contributed by atoms with Gasteiger partial charge in [-0.3, -0.25) is 4.79 Å². The Kier molecular flexibility index (Phi) is 3.35. The number of carbonyl (C=O) groups is 1. The lowest BCUT2D eigenvalue weighted by Crippen LogP contribution is -2.41. The molecule has 16 heavy (non-hydrogen) atoms. The minimum atomic E-state index is -0.440. The highest BCUT2D eigenvalue weighted by atomic mass is 35.5. The molecule has 1 aliphatic heterocycles. The summed E-state index contributed by atoms with van der Waals surface area (Å²) in [6.07, 6.45) is 0. The SMILES string of the molecule is O=C(Nc1ccc(F)cc1Cl)C1CNNN1. The van der Waals surface area contributed by atoms with Gasteiger partial charge in [-0.05, 0) is 18.2 Å². The second kappa shape index (κ2) is 4.75. The summed E-state index contributed by atoms with van der Waals surface area (Å²) in [7, 11) is 0. The van der Waals surface area contributed by atoms with Crippen molar-refractivity contribution in [3.8, 4) is 0 Å². The average molecular weight is 245 g/mol. The van der Waals surface area contributed by atoms with Crippen molar-refractivity contribution in [2.24, 2.45) is 0 Å². The molecular formula is C9H10ClFN4O. The topological polar surface area (TPSA) is 65.2 Å². The molecule has 1 aromatic rings. The van der Waals surface area contributed by atoms with Crippen LogP contribution in [0.2, 0.25) is 5.02 Å². The number of hydrogen-bond acceptors (Lipinski definition) is 4. The van der Waals surface area contributed by atoms with Crippen LogP contribution >= 0.6 is 11.6 Å². The van der Waals surface area contributed by atoms with Gasteiger partial charge >= 0.3 is 0 Å². The first kappa shape index (κ1) is 11.3. The Morgan fingerprint density at radius 1 is 1.56 bits per heavy atom. The molecule has 0 aromatic heterocycles. The number of rotatable bonds is 2. The van der Waals surface area contributed by atoms with Crippen LogP contribution in [0.25, 0.3) is 0 Å². The van der Waals surface area contributed by atoms with E-state index in [1.54, 1.807) is 0 Å². The molecule has 1 fully saturated rings. The third-order valence-corrected chi connectivity index (χ3v) is 2.46. The second-order valence-electron chi connectivity index (χ2n) is 3.32. The van der Waals surface area contributed by atoms with Crippen LogP contribution in [0, 0.1) is 5.82 Å². The highest BCUT2D eigenvalue weighted by Crippen LogP contribution is 2.22. The van der Waals surface area contributed by atoms with Crippen molar-refractivity contribution in [2.45, 2.75) is 6.04 Å². The van der Waals surface area contributed by atoms with Crippen LogP contribution in [0.15, 0.2) is 18.2 Å². The van der Waals surface area contributed by atoms with E-state index in [4.69, 9.17) is 11.6 Å². The van der Waals surface area contributed by atoms with E-state index in [0.717, 1.165) is 6.07 Å². The molecule has 0 spiro atoms. The Labute approximate surface area is 96.3 Å². The first-order valence-electron chi connectivity index (χ1n) is 4.66. The molecule has 0 aliphatic carbocycles. The zero-order valence-corrected chi connectivity index (χ0v) is 8.94. The molecule has 1 unspecified atom stereocenters. The predicted molar refractivity (Wildman–Crippen MR) is 58.1 cm³/mol. The average Bonchev–Trinajstić information content (AvgIpc) is 2.75. The van der Waals surface area contributed by atoms with Gasteiger partial charge in [0.2, 0.25) is 5.91 Å². The summed E-state index contributed by atoms with van der Waals surface area (Å²) in [5.74, 6) is -0.684. The lowest BCUT2D eigenvalue weighted by molar-refractivity contribution is -0.117. The third-order valence-electron chi connectivity index (χ3n) is 2.15. The van der Waals surface area contributed by atoms with Crippen molar-refractivity contribution < 1.29 is 9.18 Å². The molecule has 1 atom stereocenters. The van der Waals surface area contributed by atoms with Gasteiger partial charge in [-0.1, -0.05) is 11.6 Å². The minimum absolute atomic E-state index is 0.173. The maximum atomic E-state index is 12.8. The van der Waals surface area contributed by atoms with Crippen molar-refractivity contribution in [1.82, 2.24) is 16.4 Å². The summed E-state index contributed by atoms with van der Waals surface area (Å²) in [5.41, 5.74) is 8.46. The molecule has 1 saturated heterocycles. The van der Waals surface area contributed by atoms with Gasteiger partial charge in [-0.25, -0.2) is 15.2 Å². The fourth-order valence-corrected chi connectivity index (χ4v) is 1.53. The molecule has 2 rings (SSSR count). The summed E-state index contributed by atoms with van der Waals surface area (Å²) in [5, 5.41) is 2.77. The van der Waals surface area contributed by atoms with E-state index < -0.39 is 5.82 Å². The van der Waals surface area contributed by atoms with Gasteiger partial charge in [0.1, 0.15) is 11.9 Å². The molecule has 1 aliphatic rings. The summed E-state index contributed by atoms with van der Waals surface area (Å²) in [6.45, 7) is 0.463. The summed E-state index contributed by atoms with van der Waals surface area (Å²) in [4.78, 5) is 11.6. The van der Waals surface area contributed by atoms with Gasteiger partial charge in [-0.2, -0.15) is 5.53 Å². The molecule has 7 heteroatoms. The molecule has 0 bridgehead atoms. The van der Waals surface area contributed by atoms with Crippen LogP contribution in [0.3, 0.4) is 0 Å². The fraction of sp³-hybridized carbons (Fsp3) is 0.222. The normalized spacial score (nSPS) is 19.8. The van der Waals surface area contributed by atoms with Gasteiger partial charge in [0, 0.05) is 6.54 Å². The van der Waals surface area contributed by atoms with Gasteiger partial charge in [-0.15, -0.1) is 0 Å². The van der Waals surface area contributed by atoms with Crippen molar-refractivity contribution >= 4 is 23.2 Å². The number of hydrogen-bond donors (Lipinski definition) is 4. The number of amides is 1. The first-order chi connectivity index (χ1) is 7.66. The zero-order chi connectivity index (χ0) is 11.5. The number of halogens is 2. The number of hydrazine groups is 2. The van der Waals surface area contributed by atoms with Crippen LogP contribution in [-0.2, 0) is 4.79 Å². The van der Waals surface area contributed by atoms with Gasteiger partial charge in [0.15, 0.2) is 0 Å². The second-order valence-corrected chi connectivity index (χ2v) is 3.72. The third kappa shape index (κ3) is 2.48. The van der Waals surface area contributed by atoms with Crippen molar-refractivity contribution in [3.05, 3.63) is 29.0 Å². The Morgan fingerprint density at radius 2 is 2.38 bits per heavy atom. The Bertz CT molecular complexity index is 408. The molecule has 1 amide bonds. The van der Waals surface area contributed by atoms with E-state index in [1.165, 1.54) is 12.1 Å². The van der Waals surface area contributed by atoms with E-state index in [9.17, 15) is 9.18 Å². The standard InChI is InChI=1S/C9H10ClFN4O/c10-6-3-5(11)1-2-7(6)13-9(16)8-4-12-15-14-8/h1-3,8,12,14-15H,4H2,(H,13,16). The smallest absolute Gasteiger partial charge is 0.244 e. The molecular weight excluding hydrogens is 235 g/mol. The molecule has 5 nitrogen and oxygen atoms in total. The molecule has 4 N–H and O–H groups in total. The Morgan fingerprint density at radius 3 is 3.00 bits per heavy atom. The van der Waals surface area contributed by atoms with E-state index in [-0.39, 0.29) is 17.0 Å². The number of benzene rings is 1.